The summed E-state index contributed by atoms with van der Waals surface area (Å²) in [4.78, 5) is 20.6. The van der Waals surface area contributed by atoms with Crippen LogP contribution in [0.5, 0.6) is 0 Å². The van der Waals surface area contributed by atoms with Crippen molar-refractivity contribution in [2.45, 2.75) is 32.1 Å². The first kappa shape index (κ1) is 17.8. The van der Waals surface area contributed by atoms with Crippen LogP contribution in [0.3, 0.4) is 0 Å². The van der Waals surface area contributed by atoms with Crippen LogP contribution < -0.4 is 5.32 Å². The van der Waals surface area contributed by atoms with Crippen molar-refractivity contribution in [2.75, 3.05) is 6.54 Å². The third kappa shape index (κ3) is 4.75. The number of rotatable bonds is 8. The first-order chi connectivity index (χ1) is 12.8. The summed E-state index contributed by atoms with van der Waals surface area (Å²) in [7, 11) is 0. The van der Waals surface area contributed by atoms with Gasteiger partial charge in [-0.15, -0.1) is 0 Å². The molecule has 0 radical (unpaired) electrons. The zero-order chi connectivity index (χ0) is 18.2. The Labute approximate surface area is 152 Å². The molecule has 134 valence electrons. The van der Waals surface area contributed by atoms with E-state index in [0.717, 1.165) is 6.42 Å². The van der Waals surface area contributed by atoms with Crippen molar-refractivity contribution in [1.82, 2.24) is 20.4 Å². The summed E-state index contributed by atoms with van der Waals surface area (Å²) in [5, 5.41) is 6.91. The number of nitrogens with one attached hydrogen (secondary N) is 1. The Bertz CT molecular complexity index is 818. The minimum absolute atomic E-state index is 0.0167. The topological polar surface area (TPSA) is 80.9 Å². The quantitative estimate of drug-likeness (QED) is 0.673. The predicted molar refractivity (Wildman–Crippen MR) is 98.3 cm³/mol. The summed E-state index contributed by atoms with van der Waals surface area (Å²) in [6.45, 7) is 2.75. The Hall–Kier alpha value is -3.02. The largest absolute Gasteiger partial charge is 0.355 e. The van der Waals surface area contributed by atoms with Gasteiger partial charge in [0, 0.05) is 31.5 Å². The molecule has 2 heterocycles. The Morgan fingerprint density at radius 3 is 2.69 bits per heavy atom. The van der Waals surface area contributed by atoms with Gasteiger partial charge >= 0.3 is 0 Å². The lowest BCUT2D eigenvalue weighted by Crippen LogP contribution is -2.28. The van der Waals surface area contributed by atoms with Crippen LogP contribution >= 0.6 is 0 Å². The van der Waals surface area contributed by atoms with Crippen LogP contribution in [0.15, 0.2) is 59.3 Å². The SMILES string of the molecule is CCC(CNC(=O)CCc1nc(-c2ccccn2)no1)c1ccccc1. The molecule has 2 aromatic heterocycles. The van der Waals surface area contributed by atoms with E-state index in [0.29, 0.717) is 42.7 Å². The molecular formula is C20H22N4O2. The zero-order valence-corrected chi connectivity index (χ0v) is 14.8. The molecule has 0 spiro atoms. The Kier molecular flexibility index (Phi) is 6.09. The molecule has 0 aliphatic heterocycles. The molecule has 1 unspecified atom stereocenters. The summed E-state index contributed by atoms with van der Waals surface area (Å²) in [5.74, 6) is 1.18. The van der Waals surface area contributed by atoms with Crippen molar-refractivity contribution in [1.29, 1.82) is 0 Å². The predicted octanol–water partition coefficient (Wildman–Crippen LogP) is 3.37. The van der Waals surface area contributed by atoms with E-state index in [4.69, 9.17) is 4.52 Å². The first-order valence-electron chi connectivity index (χ1n) is 8.82. The summed E-state index contributed by atoms with van der Waals surface area (Å²) in [6.07, 6.45) is 3.37. The van der Waals surface area contributed by atoms with Crippen LogP contribution in [-0.2, 0) is 11.2 Å². The number of carbonyl (C=O) groups excluding carboxylic acids is 1. The van der Waals surface area contributed by atoms with E-state index >= 15 is 0 Å². The van der Waals surface area contributed by atoms with E-state index in [1.807, 2.05) is 36.4 Å². The fraction of sp³-hybridized carbons (Fsp3) is 0.300. The lowest BCUT2D eigenvalue weighted by molar-refractivity contribution is -0.121. The monoisotopic (exact) mass is 350 g/mol. The minimum atomic E-state index is -0.0167. The molecule has 0 aliphatic rings. The van der Waals surface area contributed by atoms with Gasteiger partial charge in [-0.1, -0.05) is 48.5 Å². The highest BCUT2D eigenvalue weighted by Crippen LogP contribution is 2.18. The van der Waals surface area contributed by atoms with Gasteiger partial charge in [0.2, 0.25) is 17.6 Å². The highest BCUT2D eigenvalue weighted by atomic mass is 16.5. The molecule has 0 saturated carbocycles. The molecular weight excluding hydrogens is 328 g/mol. The third-order valence-corrected chi connectivity index (χ3v) is 4.24. The average Bonchev–Trinajstić information content (AvgIpc) is 3.17. The molecule has 1 amide bonds. The van der Waals surface area contributed by atoms with Crippen molar-refractivity contribution in [3.05, 3.63) is 66.2 Å². The van der Waals surface area contributed by atoms with E-state index in [2.05, 4.69) is 39.5 Å². The molecule has 6 heteroatoms. The number of aromatic nitrogens is 3. The number of hydrogen-bond donors (Lipinski definition) is 1. The number of hydrogen-bond acceptors (Lipinski definition) is 5. The van der Waals surface area contributed by atoms with Crippen molar-refractivity contribution >= 4 is 5.91 Å². The van der Waals surface area contributed by atoms with Crippen LogP contribution in [0.25, 0.3) is 11.5 Å². The molecule has 0 fully saturated rings. The fourth-order valence-electron chi connectivity index (χ4n) is 2.72. The molecule has 6 nitrogen and oxygen atoms in total. The van der Waals surface area contributed by atoms with E-state index in [9.17, 15) is 4.79 Å². The van der Waals surface area contributed by atoms with E-state index < -0.39 is 0 Å². The second kappa shape index (κ2) is 8.89. The van der Waals surface area contributed by atoms with Crippen molar-refractivity contribution < 1.29 is 9.32 Å². The van der Waals surface area contributed by atoms with E-state index in [-0.39, 0.29) is 5.91 Å². The highest BCUT2D eigenvalue weighted by Gasteiger charge is 2.13. The molecule has 1 atom stereocenters. The average molecular weight is 350 g/mol. The number of amides is 1. The van der Waals surface area contributed by atoms with E-state index in [1.165, 1.54) is 5.56 Å². The molecule has 0 bridgehead atoms. The molecule has 26 heavy (non-hydrogen) atoms. The van der Waals surface area contributed by atoms with Crippen LogP contribution in [-0.4, -0.2) is 27.6 Å². The highest BCUT2D eigenvalue weighted by molar-refractivity contribution is 5.76. The number of carbonyl (C=O) groups is 1. The van der Waals surface area contributed by atoms with Gasteiger partial charge in [0.25, 0.3) is 0 Å². The van der Waals surface area contributed by atoms with Crippen molar-refractivity contribution in [2.24, 2.45) is 0 Å². The second-order valence-corrected chi connectivity index (χ2v) is 6.05. The maximum absolute atomic E-state index is 12.1. The molecule has 0 saturated heterocycles. The summed E-state index contributed by atoms with van der Waals surface area (Å²) < 4.78 is 5.20. The van der Waals surface area contributed by atoms with Gasteiger partial charge in [-0.3, -0.25) is 9.78 Å². The zero-order valence-electron chi connectivity index (χ0n) is 14.8. The van der Waals surface area contributed by atoms with Gasteiger partial charge < -0.3 is 9.84 Å². The smallest absolute Gasteiger partial charge is 0.227 e. The Morgan fingerprint density at radius 1 is 1.15 bits per heavy atom. The number of aryl methyl sites for hydroxylation is 1. The summed E-state index contributed by atoms with van der Waals surface area (Å²) in [5.41, 5.74) is 1.90. The first-order valence-corrected chi connectivity index (χ1v) is 8.82. The van der Waals surface area contributed by atoms with Gasteiger partial charge in [-0.2, -0.15) is 4.98 Å². The van der Waals surface area contributed by atoms with Gasteiger partial charge in [0.05, 0.1) is 0 Å². The lowest BCUT2D eigenvalue weighted by Gasteiger charge is -2.16. The van der Waals surface area contributed by atoms with Crippen LogP contribution in [0.1, 0.15) is 37.1 Å². The molecule has 3 rings (SSSR count). The van der Waals surface area contributed by atoms with Gasteiger partial charge in [-0.05, 0) is 24.1 Å². The van der Waals surface area contributed by atoms with Gasteiger partial charge in [0.1, 0.15) is 5.69 Å². The second-order valence-electron chi connectivity index (χ2n) is 6.05. The Balaban J connectivity index is 1.48. The molecule has 0 aliphatic carbocycles. The van der Waals surface area contributed by atoms with Crippen LogP contribution in [0.2, 0.25) is 0 Å². The molecule has 3 aromatic rings. The Morgan fingerprint density at radius 2 is 1.96 bits per heavy atom. The van der Waals surface area contributed by atoms with Crippen molar-refractivity contribution in [3.63, 3.8) is 0 Å². The molecule has 1 N–H and O–H groups in total. The molecule has 1 aromatic carbocycles. The minimum Gasteiger partial charge on any atom is -0.355 e. The van der Waals surface area contributed by atoms with E-state index in [1.54, 1.807) is 6.20 Å². The van der Waals surface area contributed by atoms with Crippen LogP contribution in [0.4, 0.5) is 0 Å². The number of pyridine rings is 1. The fourth-order valence-corrected chi connectivity index (χ4v) is 2.72. The van der Waals surface area contributed by atoms with Gasteiger partial charge in [-0.25, -0.2) is 0 Å². The lowest BCUT2D eigenvalue weighted by atomic mass is 9.96. The van der Waals surface area contributed by atoms with Crippen molar-refractivity contribution in [3.8, 4) is 11.5 Å². The van der Waals surface area contributed by atoms with Crippen LogP contribution in [0, 0.1) is 0 Å². The standard InChI is InChI=1S/C20H22N4O2/c1-2-15(16-8-4-3-5-9-16)14-22-18(25)11-12-19-23-20(24-26-19)17-10-6-7-13-21-17/h3-10,13,15H,2,11-12,14H2,1H3,(H,22,25). The number of nitrogens with zero attached hydrogens (tertiary/aromatic N) is 3. The summed E-state index contributed by atoms with van der Waals surface area (Å²) in [6, 6.07) is 15.7. The maximum Gasteiger partial charge on any atom is 0.227 e. The van der Waals surface area contributed by atoms with Gasteiger partial charge in [0.15, 0.2) is 0 Å². The number of benzene rings is 1. The maximum atomic E-state index is 12.1. The third-order valence-electron chi connectivity index (χ3n) is 4.24. The summed E-state index contributed by atoms with van der Waals surface area (Å²) >= 11 is 0. The normalized spacial score (nSPS) is 11.9.